The average Bonchev–Trinajstić information content (AvgIpc) is 2.53. The monoisotopic (exact) mass is 392 g/mol. The van der Waals surface area contributed by atoms with Gasteiger partial charge in [0.05, 0.1) is 0 Å². The Balaban J connectivity index is 0.00000261. The maximum atomic E-state index is 5.87. The third-order valence-electron chi connectivity index (χ3n) is 3.37. The van der Waals surface area contributed by atoms with Gasteiger partial charge in [-0.05, 0) is 26.0 Å². The van der Waals surface area contributed by atoms with Crippen LogP contribution in [-0.4, -0.2) is 37.6 Å². The van der Waals surface area contributed by atoms with Crippen LogP contribution in [0.1, 0.15) is 19.7 Å². The van der Waals surface area contributed by atoms with Gasteiger partial charge in [0, 0.05) is 5.69 Å². The molecule has 0 saturated heterocycles. The van der Waals surface area contributed by atoms with Crippen molar-refractivity contribution < 1.29 is 4.84 Å². The molecule has 0 fully saturated rings. The molecule has 1 aliphatic rings. The second-order valence-corrected chi connectivity index (χ2v) is 5.93. The smallest absolute Gasteiger partial charge is 0.232 e. The van der Waals surface area contributed by atoms with Crippen molar-refractivity contribution in [3.05, 3.63) is 36.2 Å². The van der Waals surface area contributed by atoms with Gasteiger partial charge < -0.3 is 22.5 Å². The molecule has 0 aliphatic carbocycles. The molecule has 0 atom stereocenters. The SMILES string of the molecule is CC1(C)N=C(N)N=C(N)N1OCc1nc(N)nc(Nc2ccccc2)n1.Cl. The van der Waals surface area contributed by atoms with Crippen molar-refractivity contribution in [1.82, 2.24) is 20.0 Å². The van der Waals surface area contributed by atoms with Crippen molar-refractivity contribution >= 4 is 41.9 Å². The van der Waals surface area contributed by atoms with E-state index in [1.165, 1.54) is 5.06 Å². The van der Waals surface area contributed by atoms with E-state index in [0.717, 1.165) is 5.69 Å². The van der Waals surface area contributed by atoms with Crippen LogP contribution in [0.4, 0.5) is 17.6 Å². The molecule has 12 heteroatoms. The molecule has 0 radical (unpaired) electrons. The lowest BCUT2D eigenvalue weighted by atomic mass is 10.2. The molecule has 0 unspecified atom stereocenters. The van der Waals surface area contributed by atoms with Gasteiger partial charge >= 0.3 is 0 Å². The molecule has 2 heterocycles. The van der Waals surface area contributed by atoms with E-state index in [9.17, 15) is 0 Å². The highest BCUT2D eigenvalue weighted by molar-refractivity contribution is 5.95. The van der Waals surface area contributed by atoms with E-state index in [0.29, 0.717) is 11.8 Å². The molecule has 2 aromatic rings. The van der Waals surface area contributed by atoms with Crippen LogP contribution in [0.3, 0.4) is 0 Å². The van der Waals surface area contributed by atoms with E-state index >= 15 is 0 Å². The first kappa shape index (κ1) is 20.1. The maximum absolute atomic E-state index is 5.87. The van der Waals surface area contributed by atoms with Gasteiger partial charge in [-0.1, -0.05) is 18.2 Å². The van der Waals surface area contributed by atoms with E-state index in [-0.39, 0.29) is 36.9 Å². The number of halogens is 1. The van der Waals surface area contributed by atoms with Gasteiger partial charge in [0.2, 0.25) is 23.8 Å². The van der Waals surface area contributed by atoms with Crippen molar-refractivity contribution in [2.75, 3.05) is 11.1 Å². The Hall–Kier alpha value is -3.18. The third kappa shape index (κ3) is 4.92. The van der Waals surface area contributed by atoms with E-state index in [2.05, 4.69) is 30.3 Å². The van der Waals surface area contributed by atoms with Crippen molar-refractivity contribution in [2.45, 2.75) is 26.1 Å². The lowest BCUT2D eigenvalue weighted by molar-refractivity contribution is -0.168. The molecule has 0 bridgehead atoms. The summed E-state index contributed by atoms with van der Waals surface area (Å²) >= 11 is 0. The first-order chi connectivity index (χ1) is 12.3. The second kappa shape index (κ2) is 8.01. The number of aliphatic imine (C=N–C) groups is 2. The van der Waals surface area contributed by atoms with Crippen LogP contribution in [0, 0.1) is 0 Å². The molecule has 7 N–H and O–H groups in total. The van der Waals surface area contributed by atoms with Gasteiger partial charge in [0.25, 0.3) is 0 Å². The predicted octanol–water partition coefficient (Wildman–Crippen LogP) is 0.732. The summed E-state index contributed by atoms with van der Waals surface area (Å²) in [5, 5.41) is 4.40. The van der Waals surface area contributed by atoms with Gasteiger partial charge in [0.15, 0.2) is 11.5 Å². The summed E-state index contributed by atoms with van der Waals surface area (Å²) in [5.41, 5.74) is 17.3. The summed E-state index contributed by atoms with van der Waals surface area (Å²) in [6.07, 6.45) is 0. The molecule has 1 aromatic carbocycles. The number of nitrogens with one attached hydrogen (secondary N) is 1. The Labute approximate surface area is 162 Å². The zero-order valence-corrected chi connectivity index (χ0v) is 15.6. The Kier molecular flexibility index (Phi) is 5.98. The number of hydrogen-bond donors (Lipinski definition) is 4. The normalized spacial score (nSPS) is 15.4. The zero-order chi connectivity index (χ0) is 18.7. The van der Waals surface area contributed by atoms with E-state index < -0.39 is 5.66 Å². The van der Waals surface area contributed by atoms with Crippen molar-refractivity contribution in [1.29, 1.82) is 0 Å². The Morgan fingerprint density at radius 2 is 1.78 bits per heavy atom. The maximum Gasteiger partial charge on any atom is 0.232 e. The lowest BCUT2D eigenvalue weighted by Crippen LogP contribution is -2.53. The number of aromatic nitrogens is 3. The number of nitrogen functional groups attached to an aromatic ring is 1. The molecule has 0 spiro atoms. The number of rotatable bonds is 5. The van der Waals surface area contributed by atoms with Crippen LogP contribution in [0.15, 0.2) is 40.3 Å². The summed E-state index contributed by atoms with van der Waals surface area (Å²) in [4.78, 5) is 26.2. The van der Waals surface area contributed by atoms with Crippen LogP contribution >= 0.6 is 12.4 Å². The second-order valence-electron chi connectivity index (χ2n) is 5.93. The van der Waals surface area contributed by atoms with Gasteiger partial charge in [-0.2, -0.15) is 25.0 Å². The molecule has 144 valence electrons. The van der Waals surface area contributed by atoms with Crippen molar-refractivity contribution in [3.8, 4) is 0 Å². The number of nitrogens with two attached hydrogens (primary N) is 3. The Morgan fingerprint density at radius 1 is 1.07 bits per heavy atom. The molecule has 11 nitrogen and oxygen atoms in total. The third-order valence-corrected chi connectivity index (χ3v) is 3.37. The molecular weight excluding hydrogens is 372 g/mol. The van der Waals surface area contributed by atoms with E-state index in [1.54, 1.807) is 13.8 Å². The Bertz CT molecular complexity index is 855. The number of hydroxylamine groups is 2. The lowest BCUT2D eigenvalue weighted by Gasteiger charge is -2.36. The first-order valence-electron chi connectivity index (χ1n) is 7.78. The highest BCUT2D eigenvalue weighted by atomic mass is 35.5. The number of benzene rings is 1. The summed E-state index contributed by atoms with van der Waals surface area (Å²) < 4.78 is 0. The summed E-state index contributed by atoms with van der Waals surface area (Å²) in [6, 6.07) is 9.46. The quantitative estimate of drug-likeness (QED) is 0.573. The number of anilines is 3. The standard InChI is InChI=1S/C15H20N10O.ClH/c1-15(2)24-12(17)22-13(18)25(15)26-8-10-20-11(16)23-14(21-10)19-9-6-4-3-5-7-9;/h3-7H,8H2,1-2H3,(H4,17,18,22,24)(H3,16,19,20,21,23);1H. The van der Waals surface area contributed by atoms with Gasteiger partial charge in [-0.25, -0.2) is 4.99 Å². The topological polar surface area (TPSA) is 166 Å². The highest BCUT2D eigenvalue weighted by Gasteiger charge is 2.33. The van der Waals surface area contributed by atoms with Gasteiger partial charge in [-0.3, -0.25) is 4.84 Å². The largest absolute Gasteiger partial charge is 0.368 e. The minimum Gasteiger partial charge on any atom is -0.368 e. The fourth-order valence-corrected chi connectivity index (χ4v) is 2.35. The fraction of sp³-hybridized carbons (Fsp3) is 0.267. The minimum absolute atomic E-state index is 0. The number of para-hydroxylation sites is 1. The number of nitrogens with zero attached hydrogens (tertiary/aromatic N) is 6. The molecule has 27 heavy (non-hydrogen) atoms. The van der Waals surface area contributed by atoms with Crippen LogP contribution in [-0.2, 0) is 11.4 Å². The molecule has 1 aliphatic heterocycles. The van der Waals surface area contributed by atoms with Crippen molar-refractivity contribution in [2.24, 2.45) is 21.5 Å². The molecule has 0 amide bonds. The van der Waals surface area contributed by atoms with Gasteiger partial charge in [-0.15, -0.1) is 12.4 Å². The molecule has 3 rings (SSSR count). The number of guanidine groups is 2. The first-order valence-corrected chi connectivity index (χ1v) is 7.78. The number of hydrogen-bond acceptors (Lipinski definition) is 11. The predicted molar refractivity (Wildman–Crippen MR) is 105 cm³/mol. The van der Waals surface area contributed by atoms with Crippen molar-refractivity contribution in [3.63, 3.8) is 0 Å². The molecular formula is C15H21ClN10O. The van der Waals surface area contributed by atoms with E-state index in [4.69, 9.17) is 22.0 Å². The summed E-state index contributed by atoms with van der Waals surface area (Å²) in [7, 11) is 0. The molecule has 1 aromatic heterocycles. The van der Waals surface area contributed by atoms with Crippen LogP contribution < -0.4 is 22.5 Å². The van der Waals surface area contributed by atoms with Gasteiger partial charge in [0.1, 0.15) is 6.61 Å². The highest BCUT2D eigenvalue weighted by Crippen LogP contribution is 2.21. The van der Waals surface area contributed by atoms with Crippen LogP contribution in [0.2, 0.25) is 0 Å². The Morgan fingerprint density at radius 3 is 2.44 bits per heavy atom. The average molecular weight is 393 g/mol. The molecule has 0 saturated carbocycles. The zero-order valence-electron chi connectivity index (χ0n) is 14.8. The summed E-state index contributed by atoms with van der Waals surface area (Å²) in [5.74, 6) is 0.878. The van der Waals surface area contributed by atoms with E-state index in [1.807, 2.05) is 30.3 Å². The summed E-state index contributed by atoms with van der Waals surface area (Å²) in [6.45, 7) is 3.56. The van der Waals surface area contributed by atoms with Crippen LogP contribution in [0.25, 0.3) is 0 Å². The fourth-order valence-electron chi connectivity index (χ4n) is 2.35. The minimum atomic E-state index is -0.820. The van der Waals surface area contributed by atoms with Crippen LogP contribution in [0.5, 0.6) is 0 Å².